The molecule has 0 bridgehead atoms. The van der Waals surface area contributed by atoms with E-state index in [-0.39, 0.29) is 23.7 Å². The van der Waals surface area contributed by atoms with Gasteiger partial charge in [0.2, 0.25) is 5.91 Å². The molecule has 7 nitrogen and oxygen atoms in total. The lowest BCUT2D eigenvalue weighted by molar-refractivity contribution is -0.385. The van der Waals surface area contributed by atoms with Crippen LogP contribution in [-0.2, 0) is 4.79 Å². The van der Waals surface area contributed by atoms with Crippen molar-refractivity contribution in [2.24, 2.45) is 0 Å². The molecule has 1 unspecified atom stereocenters. The number of hydrogen-bond donors (Lipinski definition) is 1. The van der Waals surface area contributed by atoms with Crippen LogP contribution in [0.3, 0.4) is 0 Å². The molecule has 0 saturated carbocycles. The number of benzene rings is 2. The van der Waals surface area contributed by atoms with Gasteiger partial charge in [0, 0.05) is 26.7 Å². The topological polar surface area (TPSA) is 92.5 Å². The predicted molar refractivity (Wildman–Crippen MR) is 113 cm³/mol. The second-order valence-electron chi connectivity index (χ2n) is 6.41. The van der Waals surface area contributed by atoms with Crippen LogP contribution in [0.5, 0.6) is 0 Å². The van der Waals surface area contributed by atoms with Gasteiger partial charge in [-0.1, -0.05) is 34.1 Å². The van der Waals surface area contributed by atoms with E-state index in [0.29, 0.717) is 5.69 Å². The van der Waals surface area contributed by atoms with E-state index in [1.807, 2.05) is 29.6 Å². The number of nitro groups is 1. The fourth-order valence-corrected chi connectivity index (χ4v) is 4.62. The van der Waals surface area contributed by atoms with Gasteiger partial charge >= 0.3 is 0 Å². The SMILES string of the molecule is O=C1CN(C(=O)c2ccccc2[N+](=O)[O-])C(c2cccs2)c2cc(Br)ccc2N1. The van der Waals surface area contributed by atoms with Gasteiger partial charge < -0.3 is 10.2 Å². The molecule has 0 fully saturated rings. The number of anilines is 1. The summed E-state index contributed by atoms with van der Waals surface area (Å²) in [4.78, 5) is 39.1. The normalized spacial score (nSPS) is 16.0. The van der Waals surface area contributed by atoms with Gasteiger partial charge in [-0.25, -0.2) is 0 Å². The van der Waals surface area contributed by atoms with Crippen molar-refractivity contribution in [1.29, 1.82) is 0 Å². The number of thiophene rings is 1. The van der Waals surface area contributed by atoms with E-state index in [1.54, 1.807) is 12.1 Å². The van der Waals surface area contributed by atoms with Crippen LogP contribution in [0.2, 0.25) is 0 Å². The maximum absolute atomic E-state index is 13.5. The molecule has 1 N–H and O–H groups in total. The highest BCUT2D eigenvalue weighted by atomic mass is 79.9. The molecule has 2 aromatic carbocycles. The van der Waals surface area contributed by atoms with Gasteiger partial charge in [0.25, 0.3) is 11.6 Å². The van der Waals surface area contributed by atoms with Gasteiger partial charge in [-0.05, 0) is 35.7 Å². The zero-order valence-electron chi connectivity index (χ0n) is 14.9. The Kier molecular flexibility index (Phi) is 5.16. The predicted octanol–water partition coefficient (Wildman–Crippen LogP) is 4.60. The first-order valence-electron chi connectivity index (χ1n) is 8.63. The number of amides is 2. The number of carbonyl (C=O) groups excluding carboxylic acids is 2. The van der Waals surface area contributed by atoms with Gasteiger partial charge in [-0.2, -0.15) is 0 Å². The summed E-state index contributed by atoms with van der Waals surface area (Å²) in [6, 6.07) is 14.4. The van der Waals surface area contributed by atoms with E-state index in [9.17, 15) is 19.7 Å². The Morgan fingerprint density at radius 2 is 2.00 bits per heavy atom. The molecule has 3 aromatic rings. The monoisotopic (exact) mass is 471 g/mol. The minimum atomic E-state index is -0.587. The second kappa shape index (κ2) is 7.76. The van der Waals surface area contributed by atoms with Crippen LogP contribution in [0.4, 0.5) is 11.4 Å². The van der Waals surface area contributed by atoms with E-state index < -0.39 is 16.9 Å². The molecule has 9 heteroatoms. The Balaban J connectivity index is 1.90. The fraction of sp³-hybridized carbons (Fsp3) is 0.100. The smallest absolute Gasteiger partial charge is 0.282 e. The van der Waals surface area contributed by atoms with Gasteiger partial charge in [-0.15, -0.1) is 11.3 Å². The maximum atomic E-state index is 13.5. The van der Waals surface area contributed by atoms with Gasteiger partial charge in [0.1, 0.15) is 12.1 Å². The molecule has 2 heterocycles. The van der Waals surface area contributed by atoms with Gasteiger partial charge in [0.05, 0.1) is 11.0 Å². The number of rotatable bonds is 3. The standard InChI is InChI=1S/C20H14BrN3O4S/c21-12-7-8-15-14(10-12)19(17-6-3-9-29-17)23(11-18(25)22-15)20(26)13-4-1-2-5-16(13)24(27)28/h1-10,19H,11H2,(H,22,25). The molecule has 0 radical (unpaired) electrons. The van der Waals surface area contributed by atoms with Crippen molar-refractivity contribution in [2.45, 2.75) is 6.04 Å². The molecule has 1 aliphatic heterocycles. The summed E-state index contributed by atoms with van der Waals surface area (Å²) in [6.07, 6.45) is 0. The van der Waals surface area contributed by atoms with Crippen LogP contribution in [-0.4, -0.2) is 28.2 Å². The number of nitrogens with one attached hydrogen (secondary N) is 1. The molecule has 0 aliphatic carbocycles. The highest BCUT2D eigenvalue weighted by Gasteiger charge is 2.36. The van der Waals surface area contributed by atoms with Crippen LogP contribution in [0, 0.1) is 10.1 Å². The lowest BCUT2D eigenvalue weighted by atomic mass is 10.0. The molecule has 0 saturated heterocycles. The summed E-state index contributed by atoms with van der Waals surface area (Å²) in [5, 5.41) is 16.2. The van der Waals surface area contributed by atoms with Crippen molar-refractivity contribution >= 4 is 50.5 Å². The zero-order chi connectivity index (χ0) is 20.5. The summed E-state index contributed by atoms with van der Waals surface area (Å²) in [5.74, 6) is -0.932. The maximum Gasteiger partial charge on any atom is 0.282 e. The quantitative estimate of drug-likeness (QED) is 0.446. The number of para-hydroxylation sites is 1. The third-order valence-corrected chi connectivity index (χ3v) is 6.03. The van der Waals surface area contributed by atoms with Crippen molar-refractivity contribution < 1.29 is 14.5 Å². The first-order chi connectivity index (χ1) is 14.0. The summed E-state index contributed by atoms with van der Waals surface area (Å²) < 4.78 is 0.798. The van der Waals surface area contributed by atoms with Crippen LogP contribution < -0.4 is 5.32 Å². The Hall–Kier alpha value is -3.04. The summed E-state index contributed by atoms with van der Waals surface area (Å²) in [7, 11) is 0. The average molecular weight is 472 g/mol. The summed E-state index contributed by atoms with van der Waals surface area (Å²) in [5.41, 5.74) is 1.00. The van der Waals surface area contributed by atoms with E-state index in [0.717, 1.165) is 14.9 Å². The Morgan fingerprint density at radius 1 is 1.21 bits per heavy atom. The van der Waals surface area contributed by atoms with Crippen molar-refractivity contribution in [3.05, 3.63) is 90.6 Å². The largest absolute Gasteiger partial charge is 0.324 e. The second-order valence-corrected chi connectivity index (χ2v) is 8.30. The van der Waals surface area contributed by atoms with E-state index in [2.05, 4.69) is 21.2 Å². The number of nitro benzene ring substituents is 1. The molecular weight excluding hydrogens is 458 g/mol. The number of halogens is 1. The minimum absolute atomic E-state index is 0.0506. The molecule has 29 heavy (non-hydrogen) atoms. The van der Waals surface area contributed by atoms with Crippen LogP contribution >= 0.6 is 27.3 Å². The van der Waals surface area contributed by atoms with Crippen molar-refractivity contribution in [1.82, 2.24) is 4.90 Å². The van der Waals surface area contributed by atoms with Crippen molar-refractivity contribution in [2.75, 3.05) is 11.9 Å². The van der Waals surface area contributed by atoms with E-state index >= 15 is 0 Å². The molecule has 146 valence electrons. The minimum Gasteiger partial charge on any atom is -0.324 e. The molecule has 2 amide bonds. The number of fused-ring (bicyclic) bond motifs is 1. The number of carbonyl (C=O) groups is 2. The summed E-state index contributed by atoms with van der Waals surface area (Å²) in [6.45, 7) is -0.222. The van der Waals surface area contributed by atoms with Crippen molar-refractivity contribution in [3.63, 3.8) is 0 Å². The summed E-state index contributed by atoms with van der Waals surface area (Å²) >= 11 is 4.91. The number of nitrogens with zero attached hydrogens (tertiary/aromatic N) is 2. The molecule has 0 spiro atoms. The Bertz CT molecular complexity index is 1120. The first-order valence-corrected chi connectivity index (χ1v) is 10.3. The van der Waals surface area contributed by atoms with Crippen LogP contribution in [0.25, 0.3) is 0 Å². The van der Waals surface area contributed by atoms with E-state index in [4.69, 9.17) is 0 Å². The van der Waals surface area contributed by atoms with Crippen LogP contribution in [0.15, 0.2) is 64.5 Å². The molecule has 1 atom stereocenters. The van der Waals surface area contributed by atoms with Crippen molar-refractivity contribution in [3.8, 4) is 0 Å². The Morgan fingerprint density at radius 3 is 2.72 bits per heavy atom. The third kappa shape index (κ3) is 3.66. The first kappa shape index (κ1) is 19.3. The average Bonchev–Trinajstić information content (AvgIpc) is 3.18. The zero-order valence-corrected chi connectivity index (χ0v) is 17.3. The molecule has 1 aromatic heterocycles. The van der Waals surface area contributed by atoms with Crippen LogP contribution in [0.1, 0.15) is 26.8 Å². The Labute approximate surface area is 178 Å². The molecular formula is C20H14BrN3O4S. The third-order valence-electron chi connectivity index (χ3n) is 4.61. The number of hydrogen-bond acceptors (Lipinski definition) is 5. The lowest BCUT2D eigenvalue weighted by Crippen LogP contribution is -2.39. The highest BCUT2D eigenvalue weighted by molar-refractivity contribution is 9.10. The fourth-order valence-electron chi connectivity index (χ4n) is 3.39. The molecule has 1 aliphatic rings. The van der Waals surface area contributed by atoms with Gasteiger partial charge in [0.15, 0.2) is 0 Å². The molecule has 4 rings (SSSR count). The highest BCUT2D eigenvalue weighted by Crippen LogP contribution is 2.40. The van der Waals surface area contributed by atoms with E-state index in [1.165, 1.54) is 34.4 Å². The lowest BCUT2D eigenvalue weighted by Gasteiger charge is -2.29. The van der Waals surface area contributed by atoms with Gasteiger partial charge in [-0.3, -0.25) is 19.7 Å².